The molecular weight excluding hydrogens is 307 g/mol. The average Bonchev–Trinajstić information content (AvgIpc) is 2.46. The summed E-state index contributed by atoms with van der Waals surface area (Å²) in [4.78, 5) is 24.8. The second-order valence-corrected chi connectivity index (χ2v) is 5.10. The molecular formula is C12H12F3N3O4. The van der Waals surface area contributed by atoms with Crippen molar-refractivity contribution in [2.24, 2.45) is 0 Å². The molecule has 1 unspecified atom stereocenters. The van der Waals surface area contributed by atoms with E-state index in [-0.39, 0.29) is 12.3 Å². The van der Waals surface area contributed by atoms with Crippen LogP contribution >= 0.6 is 0 Å². The Morgan fingerprint density at radius 2 is 2.05 bits per heavy atom. The largest absolute Gasteiger partial charge is 0.502 e. The van der Waals surface area contributed by atoms with Gasteiger partial charge in [0.1, 0.15) is 6.17 Å². The fourth-order valence-corrected chi connectivity index (χ4v) is 2.63. The molecule has 1 aromatic heterocycles. The lowest BCUT2D eigenvalue weighted by molar-refractivity contribution is -0.241. The zero-order chi connectivity index (χ0) is 16.2. The third kappa shape index (κ3) is 2.02. The summed E-state index contributed by atoms with van der Waals surface area (Å²) >= 11 is 0. The van der Waals surface area contributed by atoms with Gasteiger partial charge in [-0.1, -0.05) is 0 Å². The van der Waals surface area contributed by atoms with E-state index in [2.05, 4.69) is 0 Å². The Morgan fingerprint density at radius 1 is 1.36 bits per heavy atom. The third-order valence-electron chi connectivity index (χ3n) is 3.82. The number of hydrogen-bond donors (Lipinski definition) is 1. The van der Waals surface area contributed by atoms with Gasteiger partial charge in [-0.25, -0.2) is 0 Å². The van der Waals surface area contributed by atoms with Crippen LogP contribution in [0.1, 0.15) is 10.5 Å². The molecule has 0 spiro atoms. The number of pyridine rings is 1. The maximum atomic E-state index is 12.8. The van der Waals surface area contributed by atoms with E-state index >= 15 is 0 Å². The number of ether oxygens (including phenoxy) is 1. The number of amides is 1. The molecule has 10 heteroatoms. The molecule has 7 nitrogen and oxygen atoms in total. The first-order valence-electron chi connectivity index (χ1n) is 6.39. The first-order valence-corrected chi connectivity index (χ1v) is 6.39. The van der Waals surface area contributed by atoms with E-state index in [1.54, 1.807) is 0 Å². The van der Waals surface area contributed by atoms with Gasteiger partial charge in [0, 0.05) is 19.3 Å². The predicted octanol–water partition coefficient (Wildman–Crippen LogP) is -0.135. The monoisotopic (exact) mass is 319 g/mol. The maximum Gasteiger partial charge on any atom is 0.416 e. The number of aromatic hydroxyl groups is 1. The highest BCUT2D eigenvalue weighted by molar-refractivity contribution is 5.96. The molecule has 1 aromatic rings. The number of morpholine rings is 1. The van der Waals surface area contributed by atoms with Crippen molar-refractivity contribution < 1.29 is 27.8 Å². The molecule has 120 valence electrons. The first kappa shape index (κ1) is 14.7. The number of aromatic nitrogens is 1. The van der Waals surface area contributed by atoms with Crippen LogP contribution in [0.5, 0.6) is 5.75 Å². The van der Waals surface area contributed by atoms with Gasteiger partial charge in [-0.15, -0.1) is 0 Å². The molecule has 0 bridgehead atoms. The summed E-state index contributed by atoms with van der Waals surface area (Å²) in [6, 6.07) is 1.07. The maximum absolute atomic E-state index is 12.8. The van der Waals surface area contributed by atoms with E-state index in [1.165, 1.54) is 22.9 Å². The number of fused-ring (bicyclic) bond motifs is 2. The Kier molecular flexibility index (Phi) is 3.09. The highest BCUT2D eigenvalue weighted by atomic mass is 19.4. The van der Waals surface area contributed by atoms with Crippen molar-refractivity contribution in [3.8, 4) is 5.75 Å². The molecule has 3 heterocycles. The van der Waals surface area contributed by atoms with Crippen LogP contribution in [-0.4, -0.2) is 59.2 Å². The summed E-state index contributed by atoms with van der Waals surface area (Å²) in [5.74, 6) is -1.62. The van der Waals surface area contributed by atoms with E-state index in [0.29, 0.717) is 0 Å². The van der Waals surface area contributed by atoms with Gasteiger partial charge < -0.3 is 14.7 Å². The minimum Gasteiger partial charge on any atom is -0.502 e. The minimum absolute atomic E-state index is 0.335. The number of alkyl halides is 3. The van der Waals surface area contributed by atoms with E-state index in [4.69, 9.17) is 4.74 Å². The number of nitrogens with zero attached hydrogens (tertiary/aromatic N) is 3. The van der Waals surface area contributed by atoms with Crippen LogP contribution in [0, 0.1) is 0 Å². The van der Waals surface area contributed by atoms with E-state index < -0.39 is 42.1 Å². The Bertz CT molecular complexity index is 687. The number of carbonyl (C=O) groups is 1. The smallest absolute Gasteiger partial charge is 0.416 e. The Morgan fingerprint density at radius 3 is 2.68 bits per heavy atom. The van der Waals surface area contributed by atoms with Gasteiger partial charge in [-0.05, 0) is 0 Å². The summed E-state index contributed by atoms with van der Waals surface area (Å²) in [6.45, 7) is -1.03. The van der Waals surface area contributed by atoms with Crippen molar-refractivity contribution in [1.82, 2.24) is 9.58 Å². The fraction of sp³-hybridized carbons (Fsp3) is 0.500. The van der Waals surface area contributed by atoms with Crippen molar-refractivity contribution in [2.75, 3.05) is 25.2 Å². The lowest BCUT2D eigenvalue weighted by atomic mass is 10.1. The molecule has 1 N–H and O–H groups in total. The minimum atomic E-state index is -4.60. The molecule has 22 heavy (non-hydrogen) atoms. The second kappa shape index (κ2) is 4.63. The quantitative estimate of drug-likeness (QED) is 0.721. The summed E-state index contributed by atoms with van der Waals surface area (Å²) < 4.78 is 44.4. The van der Waals surface area contributed by atoms with Crippen LogP contribution in [0.15, 0.2) is 17.1 Å². The van der Waals surface area contributed by atoms with Gasteiger partial charge in [0.15, 0.2) is 17.5 Å². The Balaban J connectivity index is 2.04. The summed E-state index contributed by atoms with van der Waals surface area (Å²) in [6.07, 6.45) is -6.16. The van der Waals surface area contributed by atoms with Crippen molar-refractivity contribution in [3.63, 3.8) is 0 Å². The lowest BCUT2D eigenvalue weighted by Gasteiger charge is -2.48. The van der Waals surface area contributed by atoms with Crippen LogP contribution in [0.25, 0.3) is 0 Å². The molecule has 2 atom stereocenters. The van der Waals surface area contributed by atoms with Crippen LogP contribution in [0.4, 0.5) is 13.2 Å². The summed E-state index contributed by atoms with van der Waals surface area (Å²) in [7, 11) is 1.52. The molecule has 1 fully saturated rings. The van der Waals surface area contributed by atoms with Gasteiger partial charge in [0.05, 0.1) is 13.2 Å². The molecule has 2 aliphatic rings. The SMILES string of the molecule is CN1C2CO[C@H](C(F)(F)F)CN2C(=O)c2c(O)c(=O)ccn21. The first-order chi connectivity index (χ1) is 10.2. The molecule has 0 saturated carbocycles. The van der Waals surface area contributed by atoms with Gasteiger partial charge in [0.2, 0.25) is 5.43 Å². The van der Waals surface area contributed by atoms with Crippen molar-refractivity contribution in [2.45, 2.75) is 18.4 Å². The van der Waals surface area contributed by atoms with Crippen LogP contribution in [0.3, 0.4) is 0 Å². The molecule has 1 amide bonds. The average molecular weight is 319 g/mol. The highest BCUT2D eigenvalue weighted by Gasteiger charge is 2.50. The molecule has 3 rings (SSSR count). The van der Waals surface area contributed by atoms with Gasteiger partial charge in [0.25, 0.3) is 5.91 Å². The predicted molar refractivity (Wildman–Crippen MR) is 67.1 cm³/mol. The van der Waals surface area contributed by atoms with Gasteiger partial charge >= 0.3 is 6.18 Å². The molecule has 2 aliphatic heterocycles. The van der Waals surface area contributed by atoms with Crippen LogP contribution < -0.4 is 10.4 Å². The van der Waals surface area contributed by atoms with Crippen molar-refractivity contribution in [1.29, 1.82) is 0 Å². The number of halogens is 3. The number of carbonyl (C=O) groups excluding carboxylic acids is 1. The van der Waals surface area contributed by atoms with Crippen LogP contribution in [0.2, 0.25) is 0 Å². The Hall–Kier alpha value is -2.23. The zero-order valence-corrected chi connectivity index (χ0v) is 11.4. The van der Waals surface area contributed by atoms with Crippen molar-refractivity contribution in [3.05, 3.63) is 28.2 Å². The second-order valence-electron chi connectivity index (χ2n) is 5.10. The molecule has 0 radical (unpaired) electrons. The molecule has 0 aromatic carbocycles. The zero-order valence-electron chi connectivity index (χ0n) is 11.4. The van der Waals surface area contributed by atoms with E-state index in [1.807, 2.05) is 0 Å². The summed E-state index contributed by atoms with van der Waals surface area (Å²) in [5.41, 5.74) is -1.12. The molecule has 1 saturated heterocycles. The number of likely N-dealkylation sites (N-methyl/N-ethyl adjacent to an activating group) is 1. The van der Waals surface area contributed by atoms with Crippen LogP contribution in [-0.2, 0) is 4.74 Å². The summed E-state index contributed by atoms with van der Waals surface area (Å²) in [5, 5.41) is 11.2. The fourth-order valence-electron chi connectivity index (χ4n) is 2.63. The molecule has 0 aliphatic carbocycles. The number of hydrogen-bond acceptors (Lipinski definition) is 5. The van der Waals surface area contributed by atoms with Gasteiger partial charge in [-0.2, -0.15) is 13.2 Å². The Labute approximate surface area is 122 Å². The highest BCUT2D eigenvalue weighted by Crippen LogP contribution is 2.31. The van der Waals surface area contributed by atoms with E-state index in [9.17, 15) is 27.9 Å². The lowest BCUT2D eigenvalue weighted by Crippen LogP contribution is -2.67. The normalized spacial score (nSPS) is 25.0. The third-order valence-corrected chi connectivity index (χ3v) is 3.82. The standard InChI is InChI=1S/C12H12F3N3O4/c1-16-8-5-22-7(12(13,14)15)4-17(8)11(21)9-10(20)6(19)2-3-18(9)16/h2-3,7-8,20H,4-5H2,1H3/t7-,8?/m0/s1. The number of rotatable bonds is 0. The topological polar surface area (TPSA) is 75.0 Å². The van der Waals surface area contributed by atoms with Crippen molar-refractivity contribution >= 4 is 5.91 Å². The van der Waals surface area contributed by atoms with E-state index in [0.717, 1.165) is 11.0 Å². The van der Waals surface area contributed by atoms with Gasteiger partial charge in [-0.3, -0.25) is 19.3 Å².